The number of hydrogen-bond acceptors (Lipinski definition) is 8. The molecule has 5 rings (SSSR count). The van der Waals surface area contributed by atoms with Crippen molar-refractivity contribution in [3.05, 3.63) is 114 Å². The Morgan fingerprint density at radius 2 is 1.67 bits per heavy atom. The van der Waals surface area contributed by atoms with Crippen LogP contribution in [0.2, 0.25) is 0 Å². The van der Waals surface area contributed by atoms with Crippen molar-refractivity contribution in [2.75, 3.05) is 44.6 Å². The summed E-state index contributed by atoms with van der Waals surface area (Å²) in [4.78, 5) is 40.9. The van der Waals surface area contributed by atoms with Gasteiger partial charge in [0.1, 0.15) is 11.9 Å². The number of ether oxygens (including phenoxy) is 1. The highest BCUT2D eigenvalue weighted by molar-refractivity contribution is 6.01. The zero-order valence-electron chi connectivity index (χ0n) is 26.1. The van der Waals surface area contributed by atoms with Gasteiger partial charge in [-0.2, -0.15) is 0 Å². The lowest BCUT2D eigenvalue weighted by atomic mass is 10.0. The standard InChI is InChI=1S/C36H41N5O5/c1-2-41(38-25-31-14-9-23-45-31)35(43)29-13-8-12-28(24-29)34(42)26-37-19-22-40-20-17-30(18-21-40)46-36(44)39-33-16-7-6-15-32(33)27-10-4-3-5-11-27/h3-16,23-24,30,37-38H,2,17-22,25-26H2,1H3,(H,39,44). The van der Waals surface area contributed by atoms with Crippen LogP contribution in [0.4, 0.5) is 10.5 Å². The zero-order valence-corrected chi connectivity index (χ0v) is 26.1. The Hall–Kier alpha value is -4.77. The minimum Gasteiger partial charge on any atom is -0.468 e. The summed E-state index contributed by atoms with van der Waals surface area (Å²) in [7, 11) is 0. The molecule has 2 amide bonds. The Kier molecular flexibility index (Phi) is 11.7. The number of ketones is 1. The number of likely N-dealkylation sites (tertiary alicyclic amines) is 1. The first-order valence-corrected chi connectivity index (χ1v) is 15.8. The second-order valence-corrected chi connectivity index (χ2v) is 11.1. The van der Waals surface area contributed by atoms with E-state index in [9.17, 15) is 14.4 Å². The summed E-state index contributed by atoms with van der Waals surface area (Å²) in [6.45, 7) is 5.94. The molecule has 46 heavy (non-hydrogen) atoms. The van der Waals surface area contributed by atoms with Crippen molar-refractivity contribution in [3.63, 3.8) is 0 Å². The fourth-order valence-corrected chi connectivity index (χ4v) is 5.44. The summed E-state index contributed by atoms with van der Waals surface area (Å²) in [6, 6.07) is 28.1. The number of amides is 2. The molecule has 1 fully saturated rings. The number of furan rings is 1. The number of carbonyl (C=O) groups is 3. The maximum absolute atomic E-state index is 13.0. The molecule has 0 unspecified atom stereocenters. The van der Waals surface area contributed by atoms with Crippen LogP contribution in [-0.4, -0.2) is 73.1 Å². The van der Waals surface area contributed by atoms with Gasteiger partial charge in [-0.15, -0.1) is 0 Å². The Labute approximate surface area is 269 Å². The van der Waals surface area contributed by atoms with Crippen LogP contribution in [0.3, 0.4) is 0 Å². The molecule has 240 valence electrons. The number of hydrogen-bond donors (Lipinski definition) is 3. The molecule has 0 radical (unpaired) electrons. The van der Waals surface area contributed by atoms with Crippen LogP contribution in [-0.2, 0) is 11.3 Å². The van der Waals surface area contributed by atoms with Gasteiger partial charge in [0, 0.05) is 49.4 Å². The van der Waals surface area contributed by atoms with Gasteiger partial charge in [-0.3, -0.25) is 19.9 Å². The fourth-order valence-electron chi connectivity index (χ4n) is 5.44. The molecular formula is C36H41N5O5. The molecule has 3 aromatic carbocycles. The van der Waals surface area contributed by atoms with E-state index < -0.39 is 6.09 Å². The Morgan fingerprint density at radius 1 is 0.913 bits per heavy atom. The minimum atomic E-state index is -0.444. The summed E-state index contributed by atoms with van der Waals surface area (Å²) < 4.78 is 11.1. The highest BCUT2D eigenvalue weighted by Crippen LogP contribution is 2.28. The molecule has 1 aliphatic heterocycles. The van der Waals surface area contributed by atoms with Crippen molar-refractivity contribution in [1.82, 2.24) is 20.7 Å². The maximum atomic E-state index is 13.0. The molecule has 10 heteroatoms. The van der Waals surface area contributed by atoms with Crippen molar-refractivity contribution >= 4 is 23.5 Å². The van der Waals surface area contributed by atoms with E-state index in [0.717, 1.165) is 55.1 Å². The van der Waals surface area contributed by atoms with E-state index in [4.69, 9.17) is 9.15 Å². The Morgan fingerprint density at radius 3 is 2.43 bits per heavy atom. The van der Waals surface area contributed by atoms with Crippen LogP contribution in [0.1, 0.15) is 46.2 Å². The van der Waals surface area contributed by atoms with Crippen LogP contribution in [0.15, 0.2) is 102 Å². The van der Waals surface area contributed by atoms with E-state index in [1.165, 1.54) is 5.01 Å². The molecule has 1 aliphatic rings. The molecule has 2 heterocycles. The summed E-state index contributed by atoms with van der Waals surface area (Å²) in [5.41, 5.74) is 6.70. The molecule has 0 aliphatic carbocycles. The molecule has 3 N–H and O–H groups in total. The number of Topliss-reactive ketones (excluding diaryl/α,β-unsaturated/α-hetero) is 1. The van der Waals surface area contributed by atoms with Gasteiger partial charge in [0.2, 0.25) is 0 Å². The van der Waals surface area contributed by atoms with Crippen molar-refractivity contribution in [2.45, 2.75) is 32.4 Å². The van der Waals surface area contributed by atoms with Gasteiger partial charge in [-0.25, -0.2) is 10.2 Å². The molecule has 4 aromatic rings. The summed E-state index contributed by atoms with van der Waals surface area (Å²) in [5.74, 6) is 0.440. The number of piperidine rings is 1. The quantitative estimate of drug-likeness (QED) is 0.0945. The number of hydrazine groups is 1. The SMILES string of the molecule is CCN(NCc1ccco1)C(=O)c1cccc(C(=O)CNCCN2CCC(OC(=O)Nc3ccccc3-c3ccccc3)CC2)c1. The normalized spacial score (nSPS) is 13.7. The van der Waals surface area contributed by atoms with E-state index in [1.807, 2.05) is 67.6 Å². The smallest absolute Gasteiger partial charge is 0.411 e. The maximum Gasteiger partial charge on any atom is 0.411 e. The monoisotopic (exact) mass is 623 g/mol. The first kappa shape index (κ1) is 32.6. The third kappa shape index (κ3) is 9.13. The first-order valence-electron chi connectivity index (χ1n) is 15.8. The summed E-state index contributed by atoms with van der Waals surface area (Å²) in [5, 5.41) is 7.66. The van der Waals surface area contributed by atoms with E-state index in [-0.39, 0.29) is 24.3 Å². The van der Waals surface area contributed by atoms with Crippen molar-refractivity contribution in [1.29, 1.82) is 0 Å². The van der Waals surface area contributed by atoms with Crippen LogP contribution < -0.4 is 16.1 Å². The van der Waals surface area contributed by atoms with Gasteiger partial charge in [0.15, 0.2) is 5.78 Å². The molecule has 0 saturated carbocycles. The summed E-state index contributed by atoms with van der Waals surface area (Å²) in [6.07, 6.45) is 2.50. The molecule has 1 aromatic heterocycles. The number of nitrogens with zero attached hydrogens (tertiary/aromatic N) is 2. The van der Waals surface area contributed by atoms with Crippen LogP contribution in [0.25, 0.3) is 11.1 Å². The molecule has 0 atom stereocenters. The van der Waals surface area contributed by atoms with Gasteiger partial charge >= 0.3 is 6.09 Å². The van der Waals surface area contributed by atoms with E-state index in [0.29, 0.717) is 30.8 Å². The van der Waals surface area contributed by atoms with Crippen molar-refractivity contribution in [3.8, 4) is 11.1 Å². The van der Waals surface area contributed by atoms with Crippen LogP contribution >= 0.6 is 0 Å². The number of nitrogens with one attached hydrogen (secondary N) is 3. The molecule has 0 bridgehead atoms. The first-order chi connectivity index (χ1) is 22.5. The lowest BCUT2D eigenvalue weighted by Gasteiger charge is -2.31. The predicted octanol–water partition coefficient (Wildman–Crippen LogP) is 5.60. The predicted molar refractivity (Wildman–Crippen MR) is 177 cm³/mol. The minimum absolute atomic E-state index is 0.0757. The van der Waals surface area contributed by atoms with Gasteiger partial charge < -0.3 is 19.4 Å². The number of anilines is 1. The third-order valence-corrected chi connectivity index (χ3v) is 7.96. The number of benzene rings is 3. The lowest BCUT2D eigenvalue weighted by Crippen LogP contribution is -2.42. The van der Waals surface area contributed by atoms with Crippen LogP contribution in [0, 0.1) is 0 Å². The van der Waals surface area contributed by atoms with Crippen molar-refractivity contribution < 1.29 is 23.5 Å². The van der Waals surface area contributed by atoms with E-state index in [1.54, 1.807) is 36.6 Å². The van der Waals surface area contributed by atoms with Gasteiger partial charge in [0.25, 0.3) is 5.91 Å². The molecule has 10 nitrogen and oxygen atoms in total. The highest BCUT2D eigenvalue weighted by atomic mass is 16.6. The number of carbonyl (C=O) groups excluding carboxylic acids is 3. The molecule has 0 spiro atoms. The van der Waals surface area contributed by atoms with Gasteiger partial charge in [-0.05, 0) is 55.7 Å². The zero-order chi connectivity index (χ0) is 32.1. The van der Waals surface area contributed by atoms with Crippen LogP contribution in [0.5, 0.6) is 0 Å². The topological polar surface area (TPSA) is 116 Å². The fraction of sp³-hybridized carbons (Fsp3) is 0.306. The number of para-hydroxylation sites is 1. The average molecular weight is 624 g/mol. The lowest BCUT2D eigenvalue weighted by molar-refractivity contribution is 0.0592. The highest BCUT2D eigenvalue weighted by Gasteiger charge is 2.23. The van der Waals surface area contributed by atoms with Gasteiger partial charge in [0.05, 0.1) is 25.0 Å². The Balaban J connectivity index is 1.00. The largest absolute Gasteiger partial charge is 0.468 e. The van der Waals surface area contributed by atoms with Gasteiger partial charge in [-0.1, -0.05) is 60.7 Å². The molecule has 1 saturated heterocycles. The molecular weight excluding hydrogens is 582 g/mol. The second-order valence-electron chi connectivity index (χ2n) is 11.1. The summed E-state index contributed by atoms with van der Waals surface area (Å²) >= 11 is 0. The average Bonchev–Trinajstić information content (AvgIpc) is 3.62. The second kappa shape index (κ2) is 16.5. The third-order valence-electron chi connectivity index (χ3n) is 7.96. The van der Waals surface area contributed by atoms with Crippen molar-refractivity contribution in [2.24, 2.45) is 0 Å². The Bertz CT molecular complexity index is 1570. The van der Waals surface area contributed by atoms with E-state index >= 15 is 0 Å². The van der Waals surface area contributed by atoms with E-state index in [2.05, 4.69) is 21.0 Å². The number of rotatable bonds is 14.